The number of carboxylic acid groups (broad SMARTS) is 1. The molecule has 0 saturated heterocycles. The third-order valence-corrected chi connectivity index (χ3v) is 3.24. The minimum atomic E-state index is -1.06. The zero-order valence-corrected chi connectivity index (χ0v) is 12.5. The highest BCUT2D eigenvalue weighted by atomic mass is 16.4. The number of hydrogen-bond acceptors (Lipinski definition) is 3. The molecule has 2 aromatic rings. The topological polar surface area (TPSA) is 79.3 Å². The minimum Gasteiger partial charge on any atom is -0.480 e. The van der Waals surface area contributed by atoms with Gasteiger partial charge in [-0.15, -0.1) is 0 Å². The van der Waals surface area contributed by atoms with Gasteiger partial charge in [0.25, 0.3) is 5.91 Å². The second-order valence-electron chi connectivity index (χ2n) is 5.26. The number of carboxylic acids is 1. The van der Waals surface area contributed by atoms with Gasteiger partial charge in [0.05, 0.1) is 11.1 Å². The van der Waals surface area contributed by atoms with Crippen LogP contribution in [0.4, 0.5) is 0 Å². The number of carbonyl (C=O) groups is 2. The van der Waals surface area contributed by atoms with Gasteiger partial charge in [0, 0.05) is 11.6 Å². The molecule has 1 amide bonds. The number of para-hydroxylation sites is 1. The van der Waals surface area contributed by atoms with E-state index in [0.717, 1.165) is 11.0 Å². The van der Waals surface area contributed by atoms with E-state index in [0.29, 0.717) is 11.1 Å². The van der Waals surface area contributed by atoms with E-state index in [1.165, 1.54) is 0 Å². The van der Waals surface area contributed by atoms with E-state index in [1.807, 2.05) is 26.0 Å². The second kappa shape index (κ2) is 6.85. The number of amides is 1. The van der Waals surface area contributed by atoms with Gasteiger partial charge >= 0.3 is 5.97 Å². The first-order chi connectivity index (χ1) is 10.5. The Hall–Kier alpha value is -2.69. The Morgan fingerprint density at radius 3 is 2.68 bits per heavy atom. The van der Waals surface area contributed by atoms with Crippen molar-refractivity contribution in [2.24, 2.45) is 0 Å². The van der Waals surface area contributed by atoms with E-state index in [1.54, 1.807) is 30.5 Å². The molecule has 1 aromatic heterocycles. The van der Waals surface area contributed by atoms with Crippen molar-refractivity contribution >= 4 is 22.8 Å². The minimum absolute atomic E-state index is 0.252. The number of pyridine rings is 1. The zero-order valence-electron chi connectivity index (χ0n) is 12.5. The monoisotopic (exact) mass is 298 g/mol. The molecule has 1 atom stereocenters. The standard InChI is InChI=1S/C17H18N2O3/c1-11(2)8-9-14(17(21)22)19-16(20)13-7-3-5-12-6-4-10-18-15(12)13/h3-8,10,14H,9H2,1-2H3,(H,19,20)(H,21,22)/t14-/m1/s1. The third-order valence-electron chi connectivity index (χ3n) is 3.24. The van der Waals surface area contributed by atoms with Crippen LogP contribution in [-0.2, 0) is 4.79 Å². The van der Waals surface area contributed by atoms with Gasteiger partial charge in [0.15, 0.2) is 0 Å². The Morgan fingerprint density at radius 1 is 1.27 bits per heavy atom. The lowest BCUT2D eigenvalue weighted by molar-refractivity contribution is -0.139. The van der Waals surface area contributed by atoms with Gasteiger partial charge in [-0.2, -0.15) is 0 Å². The van der Waals surface area contributed by atoms with Gasteiger partial charge in [-0.3, -0.25) is 9.78 Å². The van der Waals surface area contributed by atoms with Gasteiger partial charge < -0.3 is 10.4 Å². The summed E-state index contributed by atoms with van der Waals surface area (Å²) in [6.45, 7) is 3.77. The van der Waals surface area contributed by atoms with Crippen molar-refractivity contribution < 1.29 is 14.7 Å². The summed E-state index contributed by atoms with van der Waals surface area (Å²) in [5, 5.41) is 12.6. The number of hydrogen-bond donors (Lipinski definition) is 2. The van der Waals surface area contributed by atoms with Crippen molar-refractivity contribution in [3.8, 4) is 0 Å². The zero-order chi connectivity index (χ0) is 16.1. The van der Waals surface area contributed by atoms with Crippen LogP contribution in [0.2, 0.25) is 0 Å². The van der Waals surface area contributed by atoms with Crippen molar-refractivity contribution in [2.45, 2.75) is 26.3 Å². The van der Waals surface area contributed by atoms with Crippen LogP contribution in [0.25, 0.3) is 10.9 Å². The van der Waals surface area contributed by atoms with Crippen LogP contribution in [0.1, 0.15) is 30.6 Å². The van der Waals surface area contributed by atoms with Crippen LogP contribution < -0.4 is 5.32 Å². The van der Waals surface area contributed by atoms with Crippen molar-refractivity contribution in [3.63, 3.8) is 0 Å². The largest absolute Gasteiger partial charge is 0.480 e. The fraction of sp³-hybridized carbons (Fsp3) is 0.235. The maximum atomic E-state index is 12.4. The molecule has 1 aromatic carbocycles. The van der Waals surface area contributed by atoms with Gasteiger partial charge in [0.1, 0.15) is 6.04 Å². The molecule has 0 aliphatic heterocycles. The Bertz CT molecular complexity index is 728. The normalized spacial score (nSPS) is 11.7. The highest BCUT2D eigenvalue weighted by Crippen LogP contribution is 2.16. The van der Waals surface area contributed by atoms with Crippen molar-refractivity contribution in [1.82, 2.24) is 10.3 Å². The Balaban J connectivity index is 2.26. The molecule has 114 valence electrons. The number of nitrogens with zero attached hydrogens (tertiary/aromatic N) is 1. The van der Waals surface area contributed by atoms with E-state index in [2.05, 4.69) is 10.3 Å². The molecule has 0 aliphatic rings. The predicted octanol–water partition coefficient (Wildman–Crippen LogP) is 2.77. The van der Waals surface area contributed by atoms with E-state index in [-0.39, 0.29) is 6.42 Å². The number of aromatic nitrogens is 1. The first kappa shape index (κ1) is 15.7. The summed E-state index contributed by atoms with van der Waals surface area (Å²) in [7, 11) is 0. The SMILES string of the molecule is CC(C)=CC[C@@H](NC(=O)c1cccc2cccnc12)C(=O)O. The summed E-state index contributed by atoms with van der Waals surface area (Å²) in [4.78, 5) is 27.9. The third kappa shape index (κ3) is 3.69. The average Bonchev–Trinajstić information content (AvgIpc) is 2.50. The summed E-state index contributed by atoms with van der Waals surface area (Å²) in [5.41, 5.74) is 1.95. The molecule has 22 heavy (non-hydrogen) atoms. The van der Waals surface area contributed by atoms with Crippen LogP contribution in [0.15, 0.2) is 48.2 Å². The van der Waals surface area contributed by atoms with Gasteiger partial charge in [-0.05, 0) is 32.4 Å². The predicted molar refractivity (Wildman–Crippen MR) is 84.7 cm³/mol. The fourth-order valence-electron chi connectivity index (χ4n) is 2.10. The smallest absolute Gasteiger partial charge is 0.326 e. The summed E-state index contributed by atoms with van der Waals surface area (Å²) in [6.07, 6.45) is 3.65. The number of rotatable bonds is 5. The number of allylic oxidation sites excluding steroid dienone is 1. The first-order valence-electron chi connectivity index (χ1n) is 7.00. The average molecular weight is 298 g/mol. The number of benzene rings is 1. The van der Waals surface area contributed by atoms with Crippen molar-refractivity contribution in [1.29, 1.82) is 0 Å². The number of fused-ring (bicyclic) bond motifs is 1. The molecule has 1 heterocycles. The van der Waals surface area contributed by atoms with Crippen molar-refractivity contribution in [3.05, 3.63) is 53.7 Å². The maximum Gasteiger partial charge on any atom is 0.326 e. The fourth-order valence-corrected chi connectivity index (χ4v) is 2.10. The lowest BCUT2D eigenvalue weighted by Crippen LogP contribution is -2.40. The maximum absolute atomic E-state index is 12.4. The number of nitrogens with one attached hydrogen (secondary N) is 1. The molecule has 5 nitrogen and oxygen atoms in total. The van der Waals surface area contributed by atoms with Gasteiger partial charge in [-0.25, -0.2) is 4.79 Å². The summed E-state index contributed by atoms with van der Waals surface area (Å²) in [6, 6.07) is 7.95. The lowest BCUT2D eigenvalue weighted by atomic mass is 10.1. The summed E-state index contributed by atoms with van der Waals surface area (Å²) in [5.74, 6) is -1.49. The second-order valence-corrected chi connectivity index (χ2v) is 5.26. The highest BCUT2D eigenvalue weighted by Gasteiger charge is 2.20. The van der Waals surface area contributed by atoms with E-state index in [4.69, 9.17) is 0 Å². The molecular formula is C17H18N2O3. The molecule has 0 radical (unpaired) electrons. The van der Waals surface area contributed by atoms with Crippen LogP contribution in [0.3, 0.4) is 0 Å². The lowest BCUT2D eigenvalue weighted by Gasteiger charge is -2.13. The molecule has 0 fully saturated rings. The molecule has 0 bridgehead atoms. The molecule has 0 aliphatic carbocycles. The molecule has 5 heteroatoms. The molecule has 2 rings (SSSR count). The van der Waals surface area contributed by atoms with E-state index >= 15 is 0 Å². The van der Waals surface area contributed by atoms with Crippen LogP contribution in [0.5, 0.6) is 0 Å². The quantitative estimate of drug-likeness (QED) is 0.832. The summed E-state index contributed by atoms with van der Waals surface area (Å²) < 4.78 is 0. The molecule has 0 unspecified atom stereocenters. The van der Waals surface area contributed by atoms with Gasteiger partial charge in [-0.1, -0.05) is 29.8 Å². The first-order valence-corrected chi connectivity index (χ1v) is 7.00. The number of aliphatic carboxylic acids is 1. The van der Waals surface area contributed by atoms with E-state index < -0.39 is 17.9 Å². The Morgan fingerprint density at radius 2 is 2.00 bits per heavy atom. The molecule has 0 saturated carbocycles. The Labute approximate surface area is 128 Å². The van der Waals surface area contributed by atoms with Crippen LogP contribution in [-0.4, -0.2) is 28.0 Å². The van der Waals surface area contributed by atoms with Crippen molar-refractivity contribution in [2.75, 3.05) is 0 Å². The molecule has 2 N–H and O–H groups in total. The Kier molecular flexibility index (Phi) is 4.88. The highest BCUT2D eigenvalue weighted by molar-refractivity contribution is 6.06. The number of carbonyl (C=O) groups excluding carboxylic acids is 1. The van der Waals surface area contributed by atoms with Crippen LogP contribution in [0, 0.1) is 0 Å². The molecular weight excluding hydrogens is 280 g/mol. The summed E-state index contributed by atoms with van der Waals surface area (Å²) >= 11 is 0. The van der Waals surface area contributed by atoms with Gasteiger partial charge in [0.2, 0.25) is 0 Å². The van der Waals surface area contributed by atoms with Crippen LogP contribution >= 0.6 is 0 Å². The van der Waals surface area contributed by atoms with E-state index in [9.17, 15) is 14.7 Å². The molecule has 0 spiro atoms.